The van der Waals surface area contributed by atoms with Gasteiger partial charge in [0.25, 0.3) is 11.8 Å². The van der Waals surface area contributed by atoms with Crippen LogP contribution in [0.5, 0.6) is 5.75 Å². The fraction of sp³-hybridized carbons (Fsp3) is 0.217. The van der Waals surface area contributed by atoms with E-state index >= 15 is 0 Å². The van der Waals surface area contributed by atoms with Crippen LogP contribution in [0.1, 0.15) is 31.8 Å². The Labute approximate surface area is 205 Å². The fourth-order valence-corrected chi connectivity index (χ4v) is 6.50. The van der Waals surface area contributed by atoms with Gasteiger partial charge in [0.1, 0.15) is 17.9 Å². The number of rotatable bonds is 7. The summed E-state index contributed by atoms with van der Waals surface area (Å²) in [5.74, 6) is -1.05. The highest BCUT2D eigenvalue weighted by Gasteiger charge is 2.46. The molecule has 0 fully saturated rings. The van der Waals surface area contributed by atoms with Crippen LogP contribution in [0.4, 0.5) is 0 Å². The lowest BCUT2D eigenvalue weighted by Crippen LogP contribution is -2.53. The minimum atomic E-state index is -4.27. The van der Waals surface area contributed by atoms with Crippen LogP contribution >= 0.6 is 11.3 Å². The summed E-state index contributed by atoms with van der Waals surface area (Å²) in [6.07, 6.45) is -1.60. The van der Waals surface area contributed by atoms with E-state index in [1.54, 1.807) is 0 Å². The van der Waals surface area contributed by atoms with Crippen molar-refractivity contribution < 1.29 is 33.1 Å². The first-order chi connectivity index (χ1) is 16.8. The zero-order chi connectivity index (χ0) is 25.2. The topological polar surface area (TPSA) is 145 Å². The molecule has 0 aliphatic carbocycles. The number of carbonyl (C=O) groups is 2. The lowest BCUT2D eigenvalue weighted by Gasteiger charge is -2.36. The highest BCUT2D eigenvalue weighted by Crippen LogP contribution is 2.40. The molecule has 1 aliphatic rings. The van der Waals surface area contributed by atoms with Crippen LogP contribution in [-0.4, -0.2) is 48.0 Å². The van der Waals surface area contributed by atoms with Gasteiger partial charge in [-0.15, -0.1) is 11.3 Å². The Kier molecular flexibility index (Phi) is 7.19. The Morgan fingerprint density at radius 3 is 2.46 bits per heavy atom. The van der Waals surface area contributed by atoms with Gasteiger partial charge in [-0.1, -0.05) is 30.3 Å². The highest BCUT2D eigenvalue weighted by atomic mass is 32.2. The van der Waals surface area contributed by atoms with E-state index in [0.29, 0.717) is 11.3 Å². The maximum atomic E-state index is 13.4. The second-order valence-corrected chi connectivity index (χ2v) is 10.7. The van der Waals surface area contributed by atoms with E-state index in [2.05, 4.69) is 5.32 Å². The molecule has 4 N–H and O–H groups in total. The van der Waals surface area contributed by atoms with Crippen molar-refractivity contribution in [2.45, 2.75) is 30.1 Å². The maximum Gasteiger partial charge on any atom is 0.264 e. The molecule has 10 nitrogen and oxygen atoms in total. The Hall–Kier alpha value is -3.29. The number of methoxy groups -OCH3 is 1. The number of hydroxylamine groups is 1. The number of nitrogens with zero attached hydrogens (tertiary/aromatic N) is 1. The average Bonchev–Trinajstić information content (AvgIpc) is 3.32. The number of ether oxygens (including phenoxy) is 1. The second-order valence-electron chi connectivity index (χ2n) is 7.76. The van der Waals surface area contributed by atoms with Crippen LogP contribution in [0.25, 0.3) is 0 Å². The van der Waals surface area contributed by atoms with Crippen LogP contribution < -0.4 is 15.5 Å². The molecule has 12 heteroatoms. The van der Waals surface area contributed by atoms with Gasteiger partial charge in [0, 0.05) is 18.0 Å². The molecule has 1 aromatic heterocycles. The van der Waals surface area contributed by atoms with Gasteiger partial charge < -0.3 is 15.2 Å². The molecular formula is C23H23N3O7S2. The molecule has 4 rings (SSSR count). The van der Waals surface area contributed by atoms with E-state index in [-0.39, 0.29) is 27.7 Å². The normalized spacial score (nSPS) is 17.9. The molecule has 2 unspecified atom stereocenters. The number of fused-ring (bicyclic) bond motifs is 1. The van der Waals surface area contributed by atoms with Crippen molar-refractivity contribution in [3.8, 4) is 5.75 Å². The number of thiophene rings is 1. The van der Waals surface area contributed by atoms with E-state index in [0.717, 1.165) is 21.2 Å². The molecule has 3 aromatic rings. The van der Waals surface area contributed by atoms with Crippen LogP contribution in [0.3, 0.4) is 0 Å². The SMILES string of the molecule is COc1ccc(S(=O)(=O)N2Cc3cc(C(=O)NCc4ccccc4)sc3C(O)C2C(=O)NO)cc1. The smallest absolute Gasteiger partial charge is 0.264 e. The number of aliphatic hydroxyl groups excluding tert-OH is 1. The van der Waals surface area contributed by atoms with Gasteiger partial charge in [-0.3, -0.25) is 14.8 Å². The highest BCUT2D eigenvalue weighted by molar-refractivity contribution is 7.89. The van der Waals surface area contributed by atoms with E-state index in [4.69, 9.17) is 4.74 Å². The van der Waals surface area contributed by atoms with Crippen molar-refractivity contribution in [1.29, 1.82) is 0 Å². The zero-order valence-corrected chi connectivity index (χ0v) is 20.2. The first-order valence-electron chi connectivity index (χ1n) is 10.5. The molecule has 1 aliphatic heterocycles. The Balaban J connectivity index is 1.64. The number of hydrogen-bond donors (Lipinski definition) is 4. The van der Waals surface area contributed by atoms with Gasteiger partial charge in [-0.2, -0.15) is 4.31 Å². The molecule has 2 heterocycles. The summed E-state index contributed by atoms with van der Waals surface area (Å²) >= 11 is 0.970. The number of amides is 2. The number of nitrogens with one attached hydrogen (secondary N) is 2. The van der Waals surface area contributed by atoms with Crippen LogP contribution in [-0.2, 0) is 27.9 Å². The second kappa shape index (κ2) is 10.1. The van der Waals surface area contributed by atoms with Crippen molar-refractivity contribution >= 4 is 33.2 Å². The molecule has 0 saturated carbocycles. The summed E-state index contributed by atoms with van der Waals surface area (Å²) in [7, 11) is -2.83. The van der Waals surface area contributed by atoms with Crippen molar-refractivity contribution in [2.24, 2.45) is 0 Å². The molecule has 0 spiro atoms. The van der Waals surface area contributed by atoms with Gasteiger partial charge in [0.05, 0.1) is 16.9 Å². The van der Waals surface area contributed by atoms with Gasteiger partial charge in [0.15, 0.2) is 0 Å². The molecule has 2 amide bonds. The number of aliphatic hydroxyl groups is 1. The quantitative estimate of drug-likeness (QED) is 0.276. The maximum absolute atomic E-state index is 13.4. The minimum Gasteiger partial charge on any atom is -0.497 e. The lowest BCUT2D eigenvalue weighted by molar-refractivity contribution is -0.137. The number of sulfonamides is 1. The fourth-order valence-electron chi connectivity index (χ4n) is 3.82. The summed E-state index contributed by atoms with van der Waals surface area (Å²) < 4.78 is 32.7. The monoisotopic (exact) mass is 517 g/mol. The Morgan fingerprint density at radius 1 is 1.14 bits per heavy atom. The number of carbonyl (C=O) groups excluding carboxylic acids is 2. The molecule has 184 valence electrons. The molecule has 0 bridgehead atoms. The van der Waals surface area contributed by atoms with Gasteiger partial charge in [0.2, 0.25) is 10.0 Å². The zero-order valence-electron chi connectivity index (χ0n) is 18.5. The minimum absolute atomic E-state index is 0.124. The number of benzene rings is 2. The molecular weight excluding hydrogens is 494 g/mol. The van der Waals surface area contributed by atoms with Crippen molar-refractivity contribution in [3.05, 3.63) is 81.5 Å². The largest absolute Gasteiger partial charge is 0.497 e. The molecule has 0 radical (unpaired) electrons. The van der Waals surface area contributed by atoms with Crippen molar-refractivity contribution in [1.82, 2.24) is 15.1 Å². The van der Waals surface area contributed by atoms with Gasteiger partial charge in [-0.05, 0) is 41.5 Å². The Bertz CT molecular complexity index is 1320. The molecule has 35 heavy (non-hydrogen) atoms. The summed E-state index contributed by atoms with van der Waals surface area (Å²) in [5.41, 5.74) is 2.73. The summed E-state index contributed by atoms with van der Waals surface area (Å²) in [6.45, 7) is 0.0135. The molecule has 2 aromatic carbocycles. The van der Waals surface area contributed by atoms with Gasteiger partial charge >= 0.3 is 0 Å². The van der Waals surface area contributed by atoms with E-state index in [9.17, 15) is 28.3 Å². The van der Waals surface area contributed by atoms with E-state index < -0.39 is 34.0 Å². The van der Waals surface area contributed by atoms with Gasteiger partial charge in [-0.25, -0.2) is 13.9 Å². The third-order valence-electron chi connectivity index (χ3n) is 5.61. The molecule has 0 saturated heterocycles. The van der Waals surface area contributed by atoms with Crippen LogP contribution in [0.15, 0.2) is 65.6 Å². The molecule has 2 atom stereocenters. The standard InChI is InChI=1S/C23H23N3O7S2/c1-33-16-7-9-17(10-8-16)35(31,32)26-13-15-11-18(22(28)24-12-14-5-3-2-4-6-14)34-21(15)20(27)19(26)23(29)25-30/h2-11,19-20,27,30H,12-13H2,1H3,(H,24,28)(H,25,29). The predicted octanol–water partition coefficient (Wildman–Crippen LogP) is 1.80. The average molecular weight is 518 g/mol. The van der Waals surface area contributed by atoms with Crippen molar-refractivity contribution in [3.63, 3.8) is 0 Å². The Morgan fingerprint density at radius 2 is 1.83 bits per heavy atom. The predicted molar refractivity (Wildman–Crippen MR) is 126 cm³/mol. The van der Waals surface area contributed by atoms with E-state index in [1.807, 2.05) is 30.3 Å². The lowest BCUT2D eigenvalue weighted by atomic mass is 10.0. The van der Waals surface area contributed by atoms with E-state index in [1.165, 1.54) is 42.9 Å². The van der Waals surface area contributed by atoms with Crippen molar-refractivity contribution in [2.75, 3.05) is 7.11 Å². The first kappa shape index (κ1) is 24.8. The number of hydrogen-bond acceptors (Lipinski definition) is 8. The summed E-state index contributed by atoms with van der Waals surface area (Å²) in [5, 5.41) is 23.0. The first-order valence-corrected chi connectivity index (χ1v) is 12.7. The van der Waals surface area contributed by atoms with Crippen LogP contribution in [0.2, 0.25) is 0 Å². The summed E-state index contributed by atoms with van der Waals surface area (Å²) in [4.78, 5) is 25.6. The third-order valence-corrected chi connectivity index (χ3v) is 8.70. The third kappa shape index (κ3) is 4.92. The van der Waals surface area contributed by atoms with Crippen LogP contribution in [0, 0.1) is 0 Å². The summed E-state index contributed by atoms with van der Waals surface area (Å²) in [6, 6.07) is 14.7.